The number of carbonyl (C=O) groups excluding carboxylic acids is 2. The molecule has 1 saturated carbocycles. The SMILES string of the molecule is CC1(NC(=O)NC=O)CC[C@H](c2ccc(Br)cc2)C1. The van der Waals surface area contributed by atoms with Crippen LogP contribution in [0.15, 0.2) is 28.7 Å². The summed E-state index contributed by atoms with van der Waals surface area (Å²) in [5, 5.41) is 5.00. The highest BCUT2D eigenvalue weighted by Gasteiger charge is 2.36. The Balaban J connectivity index is 2.00. The van der Waals surface area contributed by atoms with Crippen LogP contribution in [0.1, 0.15) is 37.7 Å². The number of hydrogen-bond donors (Lipinski definition) is 2. The van der Waals surface area contributed by atoms with Crippen molar-refractivity contribution in [3.8, 4) is 0 Å². The first-order valence-electron chi connectivity index (χ1n) is 6.30. The van der Waals surface area contributed by atoms with Crippen molar-refractivity contribution in [3.05, 3.63) is 34.3 Å². The van der Waals surface area contributed by atoms with Crippen LogP contribution in [0.25, 0.3) is 0 Å². The average molecular weight is 325 g/mol. The second kappa shape index (κ2) is 5.74. The van der Waals surface area contributed by atoms with Gasteiger partial charge in [0.05, 0.1) is 0 Å². The Hall–Kier alpha value is -1.36. The molecule has 0 spiro atoms. The molecule has 0 heterocycles. The van der Waals surface area contributed by atoms with Crippen LogP contribution < -0.4 is 10.6 Å². The Kier molecular flexibility index (Phi) is 4.24. The van der Waals surface area contributed by atoms with E-state index in [1.165, 1.54) is 5.56 Å². The number of urea groups is 1. The Labute approximate surface area is 121 Å². The topological polar surface area (TPSA) is 58.2 Å². The van der Waals surface area contributed by atoms with Crippen molar-refractivity contribution in [1.29, 1.82) is 0 Å². The van der Waals surface area contributed by atoms with E-state index in [9.17, 15) is 9.59 Å². The molecule has 102 valence electrons. The zero-order chi connectivity index (χ0) is 13.9. The monoisotopic (exact) mass is 324 g/mol. The van der Waals surface area contributed by atoms with Gasteiger partial charge < -0.3 is 5.32 Å². The number of rotatable bonds is 3. The minimum absolute atomic E-state index is 0.245. The molecule has 1 aliphatic rings. The van der Waals surface area contributed by atoms with Gasteiger partial charge in [-0.25, -0.2) is 4.79 Å². The van der Waals surface area contributed by atoms with Gasteiger partial charge in [0.15, 0.2) is 0 Å². The van der Waals surface area contributed by atoms with Crippen LogP contribution >= 0.6 is 15.9 Å². The first kappa shape index (κ1) is 14.1. The third-order valence-electron chi connectivity index (χ3n) is 3.69. The minimum atomic E-state index is -0.422. The Bertz CT molecular complexity index is 475. The lowest BCUT2D eigenvalue weighted by molar-refractivity contribution is -0.108. The predicted octanol–water partition coefficient (Wildman–Crippen LogP) is 2.93. The second-order valence-corrected chi connectivity index (χ2v) is 6.18. The molecule has 0 radical (unpaired) electrons. The fourth-order valence-electron chi connectivity index (χ4n) is 2.74. The van der Waals surface area contributed by atoms with Crippen LogP contribution in [0.2, 0.25) is 0 Å². The number of amides is 3. The smallest absolute Gasteiger partial charge is 0.321 e. The third-order valence-corrected chi connectivity index (χ3v) is 4.22. The van der Waals surface area contributed by atoms with E-state index in [-0.39, 0.29) is 5.54 Å². The van der Waals surface area contributed by atoms with Crippen molar-refractivity contribution in [2.75, 3.05) is 0 Å². The maximum absolute atomic E-state index is 11.4. The summed E-state index contributed by atoms with van der Waals surface area (Å²) in [4.78, 5) is 21.7. The van der Waals surface area contributed by atoms with Crippen molar-refractivity contribution >= 4 is 28.4 Å². The van der Waals surface area contributed by atoms with Crippen molar-refractivity contribution < 1.29 is 9.59 Å². The minimum Gasteiger partial charge on any atom is -0.333 e. The first-order valence-corrected chi connectivity index (χ1v) is 7.09. The largest absolute Gasteiger partial charge is 0.333 e. The van der Waals surface area contributed by atoms with Crippen molar-refractivity contribution in [1.82, 2.24) is 10.6 Å². The summed E-state index contributed by atoms with van der Waals surface area (Å²) < 4.78 is 1.07. The van der Waals surface area contributed by atoms with Gasteiger partial charge in [-0.1, -0.05) is 28.1 Å². The molecule has 4 nitrogen and oxygen atoms in total. The maximum atomic E-state index is 11.4. The van der Waals surface area contributed by atoms with E-state index in [4.69, 9.17) is 0 Å². The van der Waals surface area contributed by atoms with E-state index in [1.807, 2.05) is 19.1 Å². The molecule has 0 aliphatic heterocycles. The summed E-state index contributed by atoms with van der Waals surface area (Å²) in [5.41, 5.74) is 1.05. The molecule has 1 fully saturated rings. The average Bonchev–Trinajstić information content (AvgIpc) is 2.72. The molecule has 19 heavy (non-hydrogen) atoms. The summed E-state index contributed by atoms with van der Waals surface area (Å²) in [6, 6.07) is 7.89. The number of benzene rings is 1. The highest BCUT2D eigenvalue weighted by Crippen LogP contribution is 2.40. The Morgan fingerprint density at radius 3 is 2.74 bits per heavy atom. The number of hydrogen-bond acceptors (Lipinski definition) is 2. The van der Waals surface area contributed by atoms with Gasteiger partial charge in [0, 0.05) is 10.0 Å². The molecule has 1 aliphatic carbocycles. The molecule has 2 rings (SSSR count). The highest BCUT2D eigenvalue weighted by molar-refractivity contribution is 9.10. The highest BCUT2D eigenvalue weighted by atomic mass is 79.9. The van der Waals surface area contributed by atoms with Crippen LogP contribution in [0.4, 0.5) is 4.79 Å². The van der Waals surface area contributed by atoms with Gasteiger partial charge in [0.1, 0.15) is 0 Å². The zero-order valence-corrected chi connectivity index (χ0v) is 12.4. The standard InChI is InChI=1S/C14H17BrN2O2/c1-14(17-13(19)16-9-18)7-6-11(8-14)10-2-4-12(15)5-3-10/h2-5,9,11H,6-8H2,1H3,(H2,16,17,18,19)/t11-,14?/m0/s1. The van der Waals surface area contributed by atoms with Crippen LogP contribution in [-0.4, -0.2) is 18.0 Å². The normalized spacial score (nSPS) is 25.9. The van der Waals surface area contributed by atoms with E-state index < -0.39 is 6.03 Å². The third kappa shape index (κ3) is 3.56. The van der Waals surface area contributed by atoms with Crippen molar-refractivity contribution in [2.45, 2.75) is 37.6 Å². The summed E-state index contributed by atoms with van der Waals surface area (Å²) in [5.74, 6) is 0.453. The lowest BCUT2D eigenvalue weighted by Gasteiger charge is -2.25. The van der Waals surface area contributed by atoms with Gasteiger partial charge in [-0.05, 0) is 49.8 Å². The fourth-order valence-corrected chi connectivity index (χ4v) is 3.00. The van der Waals surface area contributed by atoms with Crippen molar-refractivity contribution in [3.63, 3.8) is 0 Å². The molecular formula is C14H17BrN2O2. The van der Waals surface area contributed by atoms with Gasteiger partial charge in [-0.15, -0.1) is 0 Å². The second-order valence-electron chi connectivity index (χ2n) is 5.27. The van der Waals surface area contributed by atoms with Crippen LogP contribution in [0.5, 0.6) is 0 Å². The first-order chi connectivity index (χ1) is 9.02. The molecule has 2 N–H and O–H groups in total. The fraction of sp³-hybridized carbons (Fsp3) is 0.429. The van der Waals surface area contributed by atoms with Gasteiger partial charge in [-0.3, -0.25) is 10.1 Å². The number of imide groups is 1. The lowest BCUT2D eigenvalue weighted by Crippen LogP contribution is -2.48. The maximum Gasteiger partial charge on any atom is 0.321 e. The van der Waals surface area contributed by atoms with E-state index in [0.717, 1.165) is 23.7 Å². The molecule has 0 aromatic heterocycles. The van der Waals surface area contributed by atoms with Crippen LogP contribution in [0.3, 0.4) is 0 Å². The number of halogens is 1. The Morgan fingerprint density at radius 2 is 2.11 bits per heavy atom. The van der Waals surface area contributed by atoms with Crippen LogP contribution in [0, 0.1) is 0 Å². The summed E-state index contributed by atoms with van der Waals surface area (Å²) >= 11 is 3.43. The summed E-state index contributed by atoms with van der Waals surface area (Å²) in [6.45, 7) is 2.02. The molecule has 0 bridgehead atoms. The zero-order valence-electron chi connectivity index (χ0n) is 10.8. The van der Waals surface area contributed by atoms with E-state index in [1.54, 1.807) is 0 Å². The van der Waals surface area contributed by atoms with Gasteiger partial charge in [0.2, 0.25) is 6.41 Å². The quantitative estimate of drug-likeness (QED) is 0.840. The number of carbonyl (C=O) groups is 2. The molecule has 5 heteroatoms. The molecule has 1 aromatic rings. The summed E-state index contributed by atoms with van der Waals surface area (Å²) in [7, 11) is 0. The molecular weight excluding hydrogens is 308 g/mol. The number of nitrogens with one attached hydrogen (secondary N) is 2. The Morgan fingerprint density at radius 1 is 1.42 bits per heavy atom. The molecule has 2 atom stereocenters. The van der Waals surface area contributed by atoms with Crippen LogP contribution in [-0.2, 0) is 4.79 Å². The van der Waals surface area contributed by atoms with E-state index in [0.29, 0.717) is 12.3 Å². The molecule has 1 aromatic carbocycles. The van der Waals surface area contributed by atoms with Crippen molar-refractivity contribution in [2.24, 2.45) is 0 Å². The molecule has 0 saturated heterocycles. The van der Waals surface area contributed by atoms with Gasteiger partial charge >= 0.3 is 6.03 Å². The lowest BCUT2D eigenvalue weighted by atomic mass is 9.94. The molecule has 1 unspecified atom stereocenters. The van der Waals surface area contributed by atoms with E-state index in [2.05, 4.69) is 38.7 Å². The predicted molar refractivity (Wildman–Crippen MR) is 76.9 cm³/mol. The van der Waals surface area contributed by atoms with Gasteiger partial charge in [-0.2, -0.15) is 0 Å². The van der Waals surface area contributed by atoms with Gasteiger partial charge in [0.25, 0.3) is 0 Å². The van der Waals surface area contributed by atoms with E-state index >= 15 is 0 Å². The molecule has 3 amide bonds. The summed E-state index contributed by atoms with van der Waals surface area (Å²) in [6.07, 6.45) is 3.25.